The first-order valence-corrected chi connectivity index (χ1v) is 11.1. The predicted molar refractivity (Wildman–Crippen MR) is 115 cm³/mol. The van der Waals surface area contributed by atoms with E-state index in [9.17, 15) is 26.4 Å². The maximum absolute atomic E-state index is 13.8. The average Bonchev–Trinajstić information content (AvgIpc) is 3.21. The van der Waals surface area contributed by atoms with Gasteiger partial charge in [-0.25, -0.2) is 17.4 Å². The molecule has 12 heteroatoms. The van der Waals surface area contributed by atoms with Crippen LogP contribution >= 0.6 is 0 Å². The van der Waals surface area contributed by atoms with Crippen molar-refractivity contribution >= 4 is 21.6 Å². The fraction of sp³-hybridized carbons (Fsp3) is 0.238. The largest absolute Gasteiger partial charge is 0.492 e. The normalized spacial score (nSPS) is 12.1. The number of sulfonamides is 1. The number of ether oxygens (including phenoxy) is 1. The maximum atomic E-state index is 13.8. The standard InChI is InChI=1S/C21H21F3N4O4S/c1-4-32-17-11-10-14(12-18(17)33(30,31)27(2)3)26-20(29)16-13-25-28(19(16)21(22,23)24)15-8-6-5-7-9-15/h5-13H,4H2,1-3H3,(H,26,29). The summed E-state index contributed by atoms with van der Waals surface area (Å²) in [4.78, 5) is 12.5. The molecule has 0 bridgehead atoms. The Hall–Kier alpha value is -3.38. The van der Waals surface area contributed by atoms with Crippen LogP contribution in [0.25, 0.3) is 5.69 Å². The molecule has 1 N–H and O–H groups in total. The summed E-state index contributed by atoms with van der Waals surface area (Å²) in [5, 5.41) is 6.07. The monoisotopic (exact) mass is 482 g/mol. The highest BCUT2D eigenvalue weighted by atomic mass is 32.2. The number of nitrogens with zero attached hydrogens (tertiary/aromatic N) is 3. The third-order valence-electron chi connectivity index (χ3n) is 4.54. The Morgan fingerprint density at radius 3 is 2.39 bits per heavy atom. The number of hydrogen-bond donors (Lipinski definition) is 1. The summed E-state index contributed by atoms with van der Waals surface area (Å²) in [6.45, 7) is 1.86. The number of rotatable bonds is 7. The third-order valence-corrected chi connectivity index (χ3v) is 6.38. The van der Waals surface area contributed by atoms with E-state index in [0.717, 1.165) is 16.6 Å². The van der Waals surface area contributed by atoms with E-state index in [4.69, 9.17) is 4.74 Å². The Morgan fingerprint density at radius 2 is 1.82 bits per heavy atom. The Morgan fingerprint density at radius 1 is 1.15 bits per heavy atom. The summed E-state index contributed by atoms with van der Waals surface area (Å²) in [6, 6.07) is 11.4. The number of carbonyl (C=O) groups is 1. The Balaban J connectivity index is 2.02. The van der Waals surface area contributed by atoms with Crippen molar-refractivity contribution in [3.8, 4) is 11.4 Å². The molecule has 176 valence electrons. The van der Waals surface area contributed by atoms with Crippen LogP contribution in [0.2, 0.25) is 0 Å². The molecule has 0 saturated carbocycles. The lowest BCUT2D eigenvalue weighted by molar-refractivity contribution is -0.143. The summed E-state index contributed by atoms with van der Waals surface area (Å²) in [5.41, 5.74) is -1.86. The number of hydrogen-bond acceptors (Lipinski definition) is 5. The zero-order chi connectivity index (χ0) is 24.4. The van der Waals surface area contributed by atoms with Crippen LogP contribution < -0.4 is 10.1 Å². The van der Waals surface area contributed by atoms with Gasteiger partial charge < -0.3 is 10.1 Å². The Labute approximate surface area is 188 Å². The van der Waals surface area contributed by atoms with E-state index in [1.807, 2.05) is 0 Å². The van der Waals surface area contributed by atoms with Crippen molar-refractivity contribution in [1.82, 2.24) is 14.1 Å². The molecular formula is C21H21F3N4O4S. The van der Waals surface area contributed by atoms with E-state index in [0.29, 0.717) is 4.68 Å². The van der Waals surface area contributed by atoms with E-state index in [2.05, 4.69) is 10.4 Å². The Kier molecular flexibility index (Phi) is 6.79. The summed E-state index contributed by atoms with van der Waals surface area (Å²) < 4.78 is 73.7. The van der Waals surface area contributed by atoms with Crippen LogP contribution in [0.1, 0.15) is 23.0 Å². The second kappa shape index (κ2) is 9.24. The molecule has 8 nitrogen and oxygen atoms in total. The predicted octanol–water partition coefficient (Wildman–Crippen LogP) is 3.79. The average molecular weight is 482 g/mol. The van der Waals surface area contributed by atoms with E-state index in [1.165, 1.54) is 38.4 Å². The molecule has 0 aliphatic heterocycles. The minimum atomic E-state index is -4.88. The van der Waals surface area contributed by atoms with Crippen molar-refractivity contribution in [3.05, 3.63) is 66.0 Å². The van der Waals surface area contributed by atoms with Crippen LogP contribution in [0.15, 0.2) is 59.6 Å². The number of para-hydroxylation sites is 1. The first-order valence-electron chi connectivity index (χ1n) is 9.68. The minimum Gasteiger partial charge on any atom is -0.492 e. The number of alkyl halides is 3. The molecule has 0 spiro atoms. The molecule has 0 aliphatic rings. The molecule has 0 radical (unpaired) electrons. The quantitative estimate of drug-likeness (QED) is 0.553. The first kappa shape index (κ1) is 24.3. The molecule has 3 aromatic rings. The van der Waals surface area contributed by atoms with Gasteiger partial charge in [0.05, 0.1) is 24.1 Å². The topological polar surface area (TPSA) is 93.5 Å². The lowest BCUT2D eigenvalue weighted by Crippen LogP contribution is -2.23. The van der Waals surface area contributed by atoms with Gasteiger partial charge in [0.1, 0.15) is 10.6 Å². The van der Waals surface area contributed by atoms with Gasteiger partial charge in [-0.2, -0.15) is 18.3 Å². The highest BCUT2D eigenvalue weighted by molar-refractivity contribution is 7.89. The molecule has 2 aromatic carbocycles. The number of aromatic nitrogens is 2. The summed E-state index contributed by atoms with van der Waals surface area (Å²) in [7, 11) is -1.31. The summed E-state index contributed by atoms with van der Waals surface area (Å²) in [6.07, 6.45) is -4.06. The van der Waals surface area contributed by atoms with Gasteiger partial charge in [-0.15, -0.1) is 0 Å². The molecular weight excluding hydrogens is 461 g/mol. The van der Waals surface area contributed by atoms with Crippen LogP contribution in [0.4, 0.5) is 18.9 Å². The fourth-order valence-electron chi connectivity index (χ4n) is 3.01. The molecule has 0 aliphatic carbocycles. The van der Waals surface area contributed by atoms with Gasteiger partial charge in [-0.1, -0.05) is 18.2 Å². The molecule has 1 aromatic heterocycles. The highest BCUT2D eigenvalue weighted by Crippen LogP contribution is 2.34. The number of anilines is 1. The van der Waals surface area contributed by atoms with E-state index < -0.39 is 33.4 Å². The van der Waals surface area contributed by atoms with Crippen molar-refractivity contribution in [2.45, 2.75) is 18.0 Å². The van der Waals surface area contributed by atoms with Crippen molar-refractivity contribution in [1.29, 1.82) is 0 Å². The number of nitrogens with one attached hydrogen (secondary N) is 1. The van der Waals surface area contributed by atoms with Gasteiger partial charge in [-0.05, 0) is 37.3 Å². The summed E-state index contributed by atoms with van der Waals surface area (Å²) in [5.74, 6) is -1.04. The van der Waals surface area contributed by atoms with E-state index >= 15 is 0 Å². The fourth-order valence-corrected chi connectivity index (χ4v) is 4.06. The number of amides is 1. The molecule has 0 unspecified atom stereocenters. The smallest absolute Gasteiger partial charge is 0.434 e. The lowest BCUT2D eigenvalue weighted by atomic mass is 10.2. The van der Waals surface area contributed by atoms with Crippen LogP contribution in [-0.4, -0.2) is 49.1 Å². The van der Waals surface area contributed by atoms with Gasteiger partial charge in [-0.3, -0.25) is 4.79 Å². The highest BCUT2D eigenvalue weighted by Gasteiger charge is 2.40. The molecule has 0 fully saturated rings. The lowest BCUT2D eigenvalue weighted by Gasteiger charge is -2.17. The van der Waals surface area contributed by atoms with Crippen LogP contribution in [0.3, 0.4) is 0 Å². The first-order chi connectivity index (χ1) is 15.5. The van der Waals surface area contributed by atoms with Crippen molar-refractivity contribution < 1.29 is 31.1 Å². The van der Waals surface area contributed by atoms with Crippen LogP contribution in [0.5, 0.6) is 5.75 Å². The summed E-state index contributed by atoms with van der Waals surface area (Å²) >= 11 is 0. The second-order valence-electron chi connectivity index (χ2n) is 6.99. The molecule has 0 saturated heterocycles. The van der Waals surface area contributed by atoms with Crippen molar-refractivity contribution in [2.24, 2.45) is 0 Å². The van der Waals surface area contributed by atoms with Crippen LogP contribution in [0, 0.1) is 0 Å². The maximum Gasteiger partial charge on any atom is 0.434 e. The van der Waals surface area contributed by atoms with Gasteiger partial charge in [0.2, 0.25) is 10.0 Å². The zero-order valence-corrected chi connectivity index (χ0v) is 18.7. The Bertz CT molecular complexity index is 1260. The SMILES string of the molecule is CCOc1ccc(NC(=O)c2cnn(-c3ccccc3)c2C(F)(F)F)cc1S(=O)(=O)N(C)C. The van der Waals surface area contributed by atoms with Crippen LogP contribution in [-0.2, 0) is 16.2 Å². The molecule has 1 amide bonds. The van der Waals surface area contributed by atoms with Crippen molar-refractivity contribution in [2.75, 3.05) is 26.0 Å². The second-order valence-corrected chi connectivity index (χ2v) is 9.11. The van der Waals surface area contributed by atoms with Gasteiger partial charge in [0, 0.05) is 19.8 Å². The number of carbonyl (C=O) groups excluding carboxylic acids is 1. The number of halogens is 3. The molecule has 33 heavy (non-hydrogen) atoms. The molecule has 3 rings (SSSR count). The third kappa shape index (κ3) is 5.01. The van der Waals surface area contributed by atoms with Gasteiger partial charge >= 0.3 is 6.18 Å². The molecule has 1 heterocycles. The van der Waals surface area contributed by atoms with Gasteiger partial charge in [0.15, 0.2) is 5.69 Å². The zero-order valence-electron chi connectivity index (χ0n) is 17.9. The van der Waals surface area contributed by atoms with E-state index in [1.54, 1.807) is 25.1 Å². The minimum absolute atomic E-state index is 0.0236. The van der Waals surface area contributed by atoms with E-state index in [-0.39, 0.29) is 28.6 Å². The van der Waals surface area contributed by atoms with Gasteiger partial charge in [0.25, 0.3) is 5.91 Å². The number of benzene rings is 2. The molecule has 0 atom stereocenters. The van der Waals surface area contributed by atoms with Crippen molar-refractivity contribution in [3.63, 3.8) is 0 Å².